The van der Waals surface area contributed by atoms with Gasteiger partial charge in [0.2, 0.25) is 11.8 Å². The summed E-state index contributed by atoms with van der Waals surface area (Å²) in [6, 6.07) is 0. The molecule has 19 heavy (non-hydrogen) atoms. The van der Waals surface area contributed by atoms with Gasteiger partial charge in [0.1, 0.15) is 0 Å². The van der Waals surface area contributed by atoms with Gasteiger partial charge in [0.25, 0.3) is 0 Å². The fraction of sp³-hybridized carbons (Fsp3) is 0.857. The average molecular weight is 267 g/mol. The second kappa shape index (κ2) is 4.78. The van der Waals surface area contributed by atoms with Gasteiger partial charge < -0.3 is 15.5 Å². The third-order valence-corrected chi connectivity index (χ3v) is 5.17. The highest BCUT2D eigenvalue weighted by molar-refractivity contribution is 5.88. The maximum absolute atomic E-state index is 12.1. The zero-order chi connectivity index (χ0) is 14.3. The molecule has 0 unspecified atom stereocenters. The smallest absolute Gasteiger partial charge is 0.242 e. The van der Waals surface area contributed by atoms with Gasteiger partial charge in [-0.3, -0.25) is 9.59 Å². The number of carbonyl (C=O) groups is 2. The van der Waals surface area contributed by atoms with Crippen LogP contribution >= 0.6 is 0 Å². The minimum Gasteiger partial charge on any atom is -0.347 e. The summed E-state index contributed by atoms with van der Waals surface area (Å²) < 4.78 is 0. The highest BCUT2D eigenvalue weighted by Crippen LogP contribution is 2.68. The minimum absolute atomic E-state index is 0.0100. The summed E-state index contributed by atoms with van der Waals surface area (Å²) in [7, 11) is 0. The van der Waals surface area contributed by atoms with E-state index in [1.54, 1.807) is 4.90 Å². The first-order chi connectivity index (χ1) is 8.78. The molecule has 0 aromatic heterocycles. The predicted molar refractivity (Wildman–Crippen MR) is 73.5 cm³/mol. The van der Waals surface area contributed by atoms with E-state index in [0.717, 1.165) is 26.2 Å². The van der Waals surface area contributed by atoms with Crippen LogP contribution in [0.2, 0.25) is 0 Å². The zero-order valence-electron chi connectivity index (χ0n) is 12.4. The Labute approximate surface area is 115 Å². The number of carbonyl (C=O) groups excluding carboxylic acids is 2. The Morgan fingerprint density at radius 1 is 1.16 bits per heavy atom. The molecule has 0 spiro atoms. The van der Waals surface area contributed by atoms with E-state index in [2.05, 4.69) is 38.3 Å². The van der Waals surface area contributed by atoms with Crippen LogP contribution in [-0.2, 0) is 9.59 Å². The standard InChI is InChI=1S/C14H25N3O2/c1-13(2)11(14(13,3)4)12(19)16-9-10(18)17-7-5-15-6-8-17/h11,15H,5-9H2,1-4H3,(H,16,19). The van der Waals surface area contributed by atoms with Crippen LogP contribution in [0.25, 0.3) is 0 Å². The second-order valence-corrected chi connectivity index (χ2v) is 6.72. The number of nitrogens with zero attached hydrogens (tertiary/aromatic N) is 1. The Balaban J connectivity index is 1.80. The molecular formula is C14H25N3O2. The molecule has 0 bridgehead atoms. The average Bonchev–Trinajstić information content (AvgIpc) is 2.77. The highest BCUT2D eigenvalue weighted by atomic mass is 16.2. The molecule has 2 amide bonds. The Kier molecular flexibility index (Phi) is 3.60. The fourth-order valence-corrected chi connectivity index (χ4v) is 3.14. The Morgan fingerprint density at radius 2 is 1.68 bits per heavy atom. The number of rotatable bonds is 3. The number of amides is 2. The predicted octanol–water partition coefficient (Wildman–Crippen LogP) is 0.217. The van der Waals surface area contributed by atoms with Crippen LogP contribution in [0.5, 0.6) is 0 Å². The van der Waals surface area contributed by atoms with Crippen molar-refractivity contribution in [2.75, 3.05) is 32.7 Å². The van der Waals surface area contributed by atoms with Crippen molar-refractivity contribution in [3.8, 4) is 0 Å². The zero-order valence-corrected chi connectivity index (χ0v) is 12.4. The van der Waals surface area contributed by atoms with Gasteiger partial charge in [-0.05, 0) is 10.8 Å². The molecule has 5 nitrogen and oxygen atoms in total. The third kappa shape index (κ3) is 2.48. The van der Waals surface area contributed by atoms with Crippen molar-refractivity contribution in [2.45, 2.75) is 27.7 Å². The van der Waals surface area contributed by atoms with Gasteiger partial charge in [0.05, 0.1) is 6.54 Å². The van der Waals surface area contributed by atoms with Gasteiger partial charge in [-0.1, -0.05) is 27.7 Å². The van der Waals surface area contributed by atoms with E-state index in [1.807, 2.05) is 0 Å². The number of piperazine rings is 1. The van der Waals surface area contributed by atoms with E-state index in [0.29, 0.717) is 0 Å². The van der Waals surface area contributed by atoms with Crippen LogP contribution in [-0.4, -0.2) is 49.4 Å². The summed E-state index contributed by atoms with van der Waals surface area (Å²) in [6.45, 7) is 11.7. The minimum atomic E-state index is 0.0100. The number of hydrogen-bond donors (Lipinski definition) is 2. The molecule has 1 aliphatic heterocycles. The summed E-state index contributed by atoms with van der Waals surface area (Å²) in [5.74, 6) is 0.0421. The normalized spacial score (nSPS) is 24.9. The molecule has 2 N–H and O–H groups in total. The van der Waals surface area contributed by atoms with Crippen molar-refractivity contribution in [2.24, 2.45) is 16.7 Å². The van der Waals surface area contributed by atoms with Gasteiger partial charge in [-0.25, -0.2) is 0 Å². The maximum atomic E-state index is 12.1. The molecule has 1 saturated heterocycles. The molecule has 1 saturated carbocycles. The Hall–Kier alpha value is -1.10. The second-order valence-electron chi connectivity index (χ2n) is 6.72. The first kappa shape index (κ1) is 14.3. The first-order valence-electron chi connectivity index (χ1n) is 7.04. The van der Waals surface area contributed by atoms with E-state index in [-0.39, 0.29) is 35.1 Å². The lowest BCUT2D eigenvalue weighted by molar-refractivity contribution is -0.133. The SMILES string of the molecule is CC1(C)C(C(=O)NCC(=O)N2CCNCC2)C1(C)C. The van der Waals surface area contributed by atoms with E-state index in [4.69, 9.17) is 0 Å². The lowest BCUT2D eigenvalue weighted by Gasteiger charge is -2.27. The monoisotopic (exact) mass is 267 g/mol. The quantitative estimate of drug-likeness (QED) is 0.769. The largest absolute Gasteiger partial charge is 0.347 e. The lowest BCUT2D eigenvalue weighted by Crippen LogP contribution is -2.49. The van der Waals surface area contributed by atoms with Gasteiger partial charge in [0, 0.05) is 32.1 Å². The van der Waals surface area contributed by atoms with Crippen molar-refractivity contribution >= 4 is 11.8 Å². The van der Waals surface area contributed by atoms with Crippen LogP contribution in [0.1, 0.15) is 27.7 Å². The molecular weight excluding hydrogens is 242 g/mol. The van der Waals surface area contributed by atoms with Crippen molar-refractivity contribution in [3.63, 3.8) is 0 Å². The topological polar surface area (TPSA) is 61.4 Å². The van der Waals surface area contributed by atoms with Crippen molar-refractivity contribution in [1.29, 1.82) is 0 Å². The van der Waals surface area contributed by atoms with Gasteiger partial charge >= 0.3 is 0 Å². The Bertz CT molecular complexity index is 370. The van der Waals surface area contributed by atoms with Crippen LogP contribution in [0.4, 0.5) is 0 Å². The molecule has 108 valence electrons. The van der Waals surface area contributed by atoms with Crippen LogP contribution in [0.15, 0.2) is 0 Å². The summed E-state index contributed by atoms with van der Waals surface area (Å²) >= 11 is 0. The maximum Gasteiger partial charge on any atom is 0.242 e. The summed E-state index contributed by atoms with van der Waals surface area (Å²) in [5, 5.41) is 6.01. The fourth-order valence-electron chi connectivity index (χ4n) is 3.14. The molecule has 2 fully saturated rings. The highest BCUT2D eigenvalue weighted by Gasteiger charge is 2.68. The van der Waals surface area contributed by atoms with Crippen molar-refractivity contribution < 1.29 is 9.59 Å². The van der Waals surface area contributed by atoms with E-state index in [1.165, 1.54) is 0 Å². The molecule has 1 heterocycles. The van der Waals surface area contributed by atoms with E-state index in [9.17, 15) is 9.59 Å². The van der Waals surface area contributed by atoms with Crippen LogP contribution in [0, 0.1) is 16.7 Å². The van der Waals surface area contributed by atoms with E-state index >= 15 is 0 Å². The molecule has 0 aromatic carbocycles. The molecule has 5 heteroatoms. The first-order valence-corrected chi connectivity index (χ1v) is 7.04. The van der Waals surface area contributed by atoms with Crippen LogP contribution < -0.4 is 10.6 Å². The van der Waals surface area contributed by atoms with Gasteiger partial charge in [-0.15, -0.1) is 0 Å². The Morgan fingerprint density at radius 3 is 2.16 bits per heavy atom. The molecule has 2 aliphatic rings. The van der Waals surface area contributed by atoms with Crippen molar-refractivity contribution in [1.82, 2.24) is 15.5 Å². The van der Waals surface area contributed by atoms with Crippen LogP contribution in [0.3, 0.4) is 0 Å². The summed E-state index contributed by atoms with van der Waals surface area (Å²) in [4.78, 5) is 25.9. The van der Waals surface area contributed by atoms with Gasteiger partial charge in [-0.2, -0.15) is 0 Å². The third-order valence-electron chi connectivity index (χ3n) is 5.17. The lowest BCUT2D eigenvalue weighted by atomic mass is 10.0. The molecule has 0 radical (unpaired) electrons. The molecule has 2 rings (SSSR count). The number of nitrogens with one attached hydrogen (secondary N) is 2. The molecule has 0 atom stereocenters. The summed E-state index contributed by atoms with van der Waals surface area (Å²) in [6.07, 6.45) is 0. The van der Waals surface area contributed by atoms with Gasteiger partial charge in [0.15, 0.2) is 0 Å². The summed E-state index contributed by atoms with van der Waals surface area (Å²) in [5.41, 5.74) is 0.0460. The number of hydrogen-bond acceptors (Lipinski definition) is 3. The molecule has 1 aliphatic carbocycles. The molecule has 0 aromatic rings. The van der Waals surface area contributed by atoms with E-state index < -0.39 is 0 Å². The van der Waals surface area contributed by atoms with Crippen molar-refractivity contribution in [3.05, 3.63) is 0 Å².